The van der Waals surface area contributed by atoms with Gasteiger partial charge >= 0.3 is 0 Å². The summed E-state index contributed by atoms with van der Waals surface area (Å²) >= 11 is 0. The zero-order valence-electron chi connectivity index (χ0n) is 9.58. The van der Waals surface area contributed by atoms with E-state index in [1.54, 1.807) is 0 Å². The first-order valence-electron chi connectivity index (χ1n) is 6.12. The number of nitrogens with one attached hydrogen (secondary N) is 1. The highest BCUT2D eigenvalue weighted by molar-refractivity contribution is 4.98. The molecule has 3 nitrogen and oxygen atoms in total. The second kappa shape index (κ2) is 5.31. The Hall–Kier alpha value is -0.830. The molecule has 1 fully saturated rings. The van der Waals surface area contributed by atoms with Crippen molar-refractivity contribution in [3.05, 3.63) is 18.2 Å². The van der Waals surface area contributed by atoms with Crippen LogP contribution < -0.4 is 5.32 Å². The van der Waals surface area contributed by atoms with E-state index < -0.39 is 0 Å². The molecule has 1 aliphatic carbocycles. The highest BCUT2D eigenvalue weighted by Crippen LogP contribution is 2.18. The van der Waals surface area contributed by atoms with Gasteiger partial charge in [-0.1, -0.05) is 19.8 Å². The number of imidazole rings is 1. The predicted octanol–water partition coefficient (Wildman–Crippen LogP) is 2.33. The Balaban J connectivity index is 1.83. The van der Waals surface area contributed by atoms with Crippen molar-refractivity contribution in [3.8, 4) is 0 Å². The quantitative estimate of drug-likeness (QED) is 0.803. The van der Waals surface area contributed by atoms with Crippen LogP contribution >= 0.6 is 0 Å². The summed E-state index contributed by atoms with van der Waals surface area (Å²) < 4.78 is 2.25. The van der Waals surface area contributed by atoms with Crippen molar-refractivity contribution in [2.24, 2.45) is 0 Å². The average Bonchev–Trinajstić information content (AvgIpc) is 2.85. The van der Waals surface area contributed by atoms with E-state index in [4.69, 9.17) is 0 Å². The third-order valence-corrected chi connectivity index (χ3v) is 3.19. The molecule has 2 rings (SSSR count). The largest absolute Gasteiger partial charge is 0.333 e. The van der Waals surface area contributed by atoms with Crippen LogP contribution in [-0.4, -0.2) is 15.6 Å². The van der Waals surface area contributed by atoms with Crippen LogP contribution in [-0.2, 0) is 13.1 Å². The third-order valence-electron chi connectivity index (χ3n) is 3.19. The summed E-state index contributed by atoms with van der Waals surface area (Å²) in [6.45, 7) is 4.26. The van der Waals surface area contributed by atoms with Crippen molar-refractivity contribution < 1.29 is 0 Å². The summed E-state index contributed by atoms with van der Waals surface area (Å²) in [6, 6.07) is 0.745. The van der Waals surface area contributed by atoms with Crippen LogP contribution in [0.5, 0.6) is 0 Å². The normalized spacial score (nSPS) is 17.4. The van der Waals surface area contributed by atoms with Crippen molar-refractivity contribution in [2.45, 2.75) is 58.2 Å². The van der Waals surface area contributed by atoms with Gasteiger partial charge in [0.25, 0.3) is 0 Å². The Kier molecular flexibility index (Phi) is 3.78. The van der Waals surface area contributed by atoms with Gasteiger partial charge in [0.2, 0.25) is 0 Å². The lowest BCUT2D eigenvalue weighted by molar-refractivity contribution is 0.504. The predicted molar refractivity (Wildman–Crippen MR) is 61.6 cm³/mol. The van der Waals surface area contributed by atoms with Crippen molar-refractivity contribution in [2.75, 3.05) is 0 Å². The first-order chi connectivity index (χ1) is 7.40. The number of nitrogens with zero attached hydrogens (tertiary/aromatic N) is 2. The minimum atomic E-state index is 0.745. The molecule has 0 bridgehead atoms. The van der Waals surface area contributed by atoms with Gasteiger partial charge in [0.15, 0.2) is 0 Å². The Bertz CT molecular complexity index is 287. The zero-order chi connectivity index (χ0) is 10.5. The summed E-state index contributed by atoms with van der Waals surface area (Å²) in [7, 11) is 0. The lowest BCUT2D eigenvalue weighted by Gasteiger charge is -2.12. The summed E-state index contributed by atoms with van der Waals surface area (Å²) in [5, 5.41) is 3.62. The highest BCUT2D eigenvalue weighted by Gasteiger charge is 2.14. The van der Waals surface area contributed by atoms with Gasteiger partial charge in [0, 0.05) is 25.3 Å². The van der Waals surface area contributed by atoms with Crippen LogP contribution in [0, 0.1) is 0 Å². The number of aryl methyl sites for hydroxylation is 1. The van der Waals surface area contributed by atoms with Crippen LogP contribution in [0.25, 0.3) is 0 Å². The molecule has 3 heteroatoms. The van der Waals surface area contributed by atoms with Crippen LogP contribution in [0.3, 0.4) is 0 Å². The first-order valence-corrected chi connectivity index (χ1v) is 6.12. The fourth-order valence-electron chi connectivity index (χ4n) is 2.32. The average molecular weight is 207 g/mol. The van der Waals surface area contributed by atoms with E-state index in [2.05, 4.69) is 21.8 Å². The number of aromatic nitrogens is 2. The van der Waals surface area contributed by atoms with Gasteiger partial charge in [-0.25, -0.2) is 4.98 Å². The van der Waals surface area contributed by atoms with E-state index in [-0.39, 0.29) is 0 Å². The van der Waals surface area contributed by atoms with Gasteiger partial charge in [-0.15, -0.1) is 0 Å². The molecule has 0 radical (unpaired) electrons. The second-order valence-electron chi connectivity index (χ2n) is 4.44. The Morgan fingerprint density at radius 2 is 2.27 bits per heavy atom. The fourth-order valence-corrected chi connectivity index (χ4v) is 2.32. The van der Waals surface area contributed by atoms with Crippen LogP contribution in [0.4, 0.5) is 0 Å². The molecule has 0 unspecified atom stereocenters. The number of rotatable bonds is 5. The lowest BCUT2D eigenvalue weighted by atomic mass is 10.2. The Morgan fingerprint density at radius 3 is 3.00 bits per heavy atom. The fraction of sp³-hybridized carbons (Fsp3) is 0.750. The molecule has 1 aliphatic rings. The molecule has 1 aromatic heterocycles. The highest BCUT2D eigenvalue weighted by atomic mass is 15.1. The minimum Gasteiger partial charge on any atom is -0.333 e. The third kappa shape index (κ3) is 2.81. The minimum absolute atomic E-state index is 0.745. The van der Waals surface area contributed by atoms with Crippen molar-refractivity contribution in [3.63, 3.8) is 0 Å². The lowest BCUT2D eigenvalue weighted by Crippen LogP contribution is -2.26. The molecular formula is C12H21N3. The molecule has 0 aromatic carbocycles. The SMILES string of the molecule is CCCn1cncc1CNC1CCCC1. The van der Waals surface area contributed by atoms with Gasteiger partial charge in [-0.05, 0) is 19.3 Å². The van der Waals surface area contributed by atoms with Crippen molar-refractivity contribution in [1.82, 2.24) is 14.9 Å². The van der Waals surface area contributed by atoms with Gasteiger partial charge in [-0.3, -0.25) is 0 Å². The van der Waals surface area contributed by atoms with Crippen LogP contribution in [0.1, 0.15) is 44.7 Å². The molecule has 1 N–H and O–H groups in total. The second-order valence-corrected chi connectivity index (χ2v) is 4.44. The maximum absolute atomic E-state index is 4.21. The van der Waals surface area contributed by atoms with E-state index in [0.717, 1.165) is 19.1 Å². The van der Waals surface area contributed by atoms with E-state index in [1.807, 2.05) is 12.5 Å². The Labute approximate surface area is 91.9 Å². The maximum Gasteiger partial charge on any atom is 0.0948 e. The van der Waals surface area contributed by atoms with E-state index in [0.29, 0.717) is 0 Å². The molecule has 1 saturated carbocycles. The van der Waals surface area contributed by atoms with Gasteiger partial charge in [0.1, 0.15) is 0 Å². The molecule has 0 aliphatic heterocycles. The molecule has 84 valence electrons. The zero-order valence-corrected chi connectivity index (χ0v) is 9.58. The molecule has 0 atom stereocenters. The molecular weight excluding hydrogens is 186 g/mol. The standard InChI is InChI=1S/C12H21N3/c1-2-7-15-10-13-8-12(15)9-14-11-5-3-4-6-11/h8,10-11,14H,2-7,9H2,1H3. The molecule has 1 heterocycles. The van der Waals surface area contributed by atoms with Crippen molar-refractivity contribution in [1.29, 1.82) is 0 Å². The van der Waals surface area contributed by atoms with Gasteiger partial charge < -0.3 is 9.88 Å². The van der Waals surface area contributed by atoms with E-state index in [1.165, 1.54) is 37.8 Å². The monoisotopic (exact) mass is 207 g/mol. The van der Waals surface area contributed by atoms with Crippen molar-refractivity contribution >= 4 is 0 Å². The molecule has 0 spiro atoms. The van der Waals surface area contributed by atoms with Gasteiger partial charge in [-0.2, -0.15) is 0 Å². The maximum atomic E-state index is 4.21. The molecule has 1 aromatic rings. The number of hydrogen-bond acceptors (Lipinski definition) is 2. The summed E-state index contributed by atoms with van der Waals surface area (Å²) in [5.74, 6) is 0. The molecule has 0 saturated heterocycles. The molecule has 15 heavy (non-hydrogen) atoms. The summed E-state index contributed by atoms with van der Waals surface area (Å²) in [6.07, 6.45) is 10.6. The van der Waals surface area contributed by atoms with E-state index in [9.17, 15) is 0 Å². The van der Waals surface area contributed by atoms with Gasteiger partial charge in [0.05, 0.1) is 12.0 Å². The summed E-state index contributed by atoms with van der Waals surface area (Å²) in [5.41, 5.74) is 1.32. The Morgan fingerprint density at radius 1 is 1.47 bits per heavy atom. The summed E-state index contributed by atoms with van der Waals surface area (Å²) in [4.78, 5) is 4.21. The number of hydrogen-bond donors (Lipinski definition) is 1. The van der Waals surface area contributed by atoms with E-state index >= 15 is 0 Å². The smallest absolute Gasteiger partial charge is 0.0948 e. The molecule has 0 amide bonds. The topological polar surface area (TPSA) is 29.9 Å². The first kappa shape index (κ1) is 10.7. The van der Waals surface area contributed by atoms with Crippen LogP contribution in [0.2, 0.25) is 0 Å². The van der Waals surface area contributed by atoms with Crippen LogP contribution in [0.15, 0.2) is 12.5 Å².